The Labute approximate surface area is 216 Å². The highest BCUT2D eigenvalue weighted by Gasteiger charge is 2.18. The largest absolute Gasteiger partial charge is 0.371 e. The van der Waals surface area contributed by atoms with Crippen LogP contribution >= 0.6 is 0 Å². The molecule has 0 aliphatic carbocycles. The topological polar surface area (TPSA) is 76.7 Å². The van der Waals surface area contributed by atoms with Crippen molar-refractivity contribution in [2.45, 2.75) is 45.1 Å². The van der Waals surface area contributed by atoms with Gasteiger partial charge >= 0.3 is 0 Å². The number of likely N-dealkylation sites (tertiary alicyclic amines) is 1. The molecule has 0 amide bonds. The molecule has 2 aliphatic rings. The molecule has 37 heavy (non-hydrogen) atoms. The molecule has 0 spiro atoms. The summed E-state index contributed by atoms with van der Waals surface area (Å²) in [7, 11) is 0. The summed E-state index contributed by atoms with van der Waals surface area (Å²) in [5, 5.41) is 10.2. The van der Waals surface area contributed by atoms with Crippen molar-refractivity contribution in [2.24, 2.45) is 0 Å². The molecule has 2 aliphatic heterocycles. The van der Waals surface area contributed by atoms with E-state index in [1.54, 1.807) is 0 Å². The van der Waals surface area contributed by atoms with Gasteiger partial charge in [-0.3, -0.25) is 20.0 Å². The molecule has 7 heteroatoms. The average Bonchev–Trinajstić information content (AvgIpc) is 3.58. The molecule has 2 fully saturated rings. The van der Waals surface area contributed by atoms with Gasteiger partial charge in [-0.2, -0.15) is 5.10 Å². The highest BCUT2D eigenvalue weighted by Crippen LogP contribution is 2.35. The molecule has 2 N–H and O–H groups in total. The molecule has 5 aromatic rings. The first-order chi connectivity index (χ1) is 18.3. The Balaban J connectivity index is 1.23. The highest BCUT2D eigenvalue weighted by molar-refractivity contribution is 6.00. The summed E-state index contributed by atoms with van der Waals surface area (Å²) in [5.74, 6) is 0. The van der Waals surface area contributed by atoms with Crippen LogP contribution in [0.4, 0.5) is 5.69 Å². The third kappa shape index (κ3) is 4.37. The number of benzene rings is 1. The van der Waals surface area contributed by atoms with Gasteiger partial charge < -0.3 is 9.88 Å². The highest BCUT2D eigenvalue weighted by atomic mass is 15.1. The van der Waals surface area contributed by atoms with E-state index in [9.17, 15) is 0 Å². The first-order valence-corrected chi connectivity index (χ1v) is 13.7. The zero-order valence-electron chi connectivity index (χ0n) is 21.2. The predicted molar refractivity (Wildman–Crippen MR) is 150 cm³/mol. The molecule has 0 bridgehead atoms. The van der Waals surface area contributed by atoms with E-state index in [2.05, 4.69) is 61.3 Å². The van der Waals surface area contributed by atoms with Gasteiger partial charge in [0.2, 0.25) is 0 Å². The second-order valence-corrected chi connectivity index (χ2v) is 10.6. The second-order valence-electron chi connectivity index (χ2n) is 10.6. The van der Waals surface area contributed by atoms with Crippen LogP contribution < -0.4 is 4.90 Å². The van der Waals surface area contributed by atoms with Gasteiger partial charge in [-0.05, 0) is 81.1 Å². The molecular weight excluding hydrogens is 458 g/mol. The minimum Gasteiger partial charge on any atom is -0.371 e. The van der Waals surface area contributed by atoms with Crippen molar-refractivity contribution in [1.82, 2.24) is 30.0 Å². The number of H-pyrrole nitrogens is 2. The van der Waals surface area contributed by atoms with Gasteiger partial charge in [-0.25, -0.2) is 0 Å². The van der Waals surface area contributed by atoms with Crippen LogP contribution in [0, 0.1) is 0 Å². The summed E-state index contributed by atoms with van der Waals surface area (Å²) in [5.41, 5.74) is 8.58. The van der Waals surface area contributed by atoms with Crippen molar-refractivity contribution in [3.8, 4) is 22.6 Å². The Morgan fingerprint density at radius 2 is 1.62 bits per heavy atom. The molecule has 7 nitrogen and oxygen atoms in total. The lowest BCUT2D eigenvalue weighted by molar-refractivity contribution is 0.220. The van der Waals surface area contributed by atoms with E-state index < -0.39 is 0 Å². The average molecular weight is 492 g/mol. The minimum absolute atomic E-state index is 0.924. The van der Waals surface area contributed by atoms with E-state index in [-0.39, 0.29) is 0 Å². The predicted octanol–water partition coefficient (Wildman–Crippen LogP) is 6.14. The Kier molecular flexibility index (Phi) is 5.85. The van der Waals surface area contributed by atoms with Crippen LogP contribution in [0.25, 0.3) is 44.5 Å². The fourth-order valence-corrected chi connectivity index (χ4v) is 6.05. The van der Waals surface area contributed by atoms with Crippen LogP contribution in [0.2, 0.25) is 0 Å². The van der Waals surface area contributed by atoms with E-state index in [4.69, 9.17) is 10.1 Å². The maximum absolute atomic E-state index is 4.75. The fourth-order valence-electron chi connectivity index (χ4n) is 6.05. The van der Waals surface area contributed by atoms with Gasteiger partial charge in [-0.15, -0.1) is 0 Å². The first kappa shape index (κ1) is 22.5. The summed E-state index contributed by atoms with van der Waals surface area (Å²) in [6, 6.07) is 13.2. The second kappa shape index (κ2) is 9.63. The summed E-state index contributed by atoms with van der Waals surface area (Å²) in [4.78, 5) is 18.0. The third-order valence-electron chi connectivity index (χ3n) is 7.99. The van der Waals surface area contributed by atoms with Crippen molar-refractivity contribution < 1.29 is 0 Å². The van der Waals surface area contributed by atoms with Gasteiger partial charge in [0.15, 0.2) is 0 Å². The molecule has 0 atom stereocenters. The maximum atomic E-state index is 4.75. The molecule has 0 saturated carbocycles. The Morgan fingerprint density at radius 1 is 0.784 bits per heavy atom. The Bertz CT molecular complexity index is 1540. The lowest BCUT2D eigenvalue weighted by Gasteiger charge is -2.29. The van der Waals surface area contributed by atoms with E-state index in [0.29, 0.717) is 0 Å². The van der Waals surface area contributed by atoms with Crippen LogP contribution in [-0.4, -0.2) is 56.2 Å². The Hall–Kier alpha value is -3.71. The van der Waals surface area contributed by atoms with Crippen molar-refractivity contribution in [3.63, 3.8) is 0 Å². The van der Waals surface area contributed by atoms with Crippen LogP contribution in [0.5, 0.6) is 0 Å². The van der Waals surface area contributed by atoms with Crippen molar-refractivity contribution >= 4 is 27.5 Å². The molecule has 0 radical (unpaired) electrons. The molecule has 7 rings (SSSR count). The molecule has 2 saturated heterocycles. The molecule has 1 aromatic carbocycles. The maximum Gasteiger partial charge on any atom is 0.116 e. The number of fused-ring (bicyclic) bond motifs is 2. The monoisotopic (exact) mass is 491 g/mol. The van der Waals surface area contributed by atoms with Crippen LogP contribution in [0.15, 0.2) is 55.0 Å². The van der Waals surface area contributed by atoms with E-state index in [1.807, 2.05) is 18.6 Å². The molecule has 4 aromatic heterocycles. The quantitative estimate of drug-likeness (QED) is 0.309. The number of rotatable bonds is 5. The fraction of sp³-hybridized carbons (Fsp3) is 0.367. The van der Waals surface area contributed by atoms with Crippen molar-refractivity contribution in [3.05, 3.63) is 60.6 Å². The Morgan fingerprint density at radius 3 is 2.49 bits per heavy atom. The molecular formula is C30H33N7. The molecule has 188 valence electrons. The molecule has 6 heterocycles. The van der Waals surface area contributed by atoms with Crippen LogP contribution in [0.1, 0.15) is 44.1 Å². The summed E-state index contributed by atoms with van der Waals surface area (Å²) < 4.78 is 0. The number of nitrogens with one attached hydrogen (secondary N) is 2. The summed E-state index contributed by atoms with van der Waals surface area (Å²) in [6.45, 7) is 5.57. The number of nitrogens with zero attached hydrogens (tertiary/aromatic N) is 5. The zero-order valence-corrected chi connectivity index (χ0v) is 21.2. The number of pyridine rings is 2. The third-order valence-corrected chi connectivity index (χ3v) is 7.99. The number of aromatic nitrogens is 5. The van der Waals surface area contributed by atoms with Gasteiger partial charge in [0.25, 0.3) is 0 Å². The van der Waals surface area contributed by atoms with Gasteiger partial charge in [0.05, 0.1) is 23.1 Å². The smallest absolute Gasteiger partial charge is 0.116 e. The van der Waals surface area contributed by atoms with E-state index in [0.717, 1.165) is 58.7 Å². The minimum atomic E-state index is 0.924. The summed E-state index contributed by atoms with van der Waals surface area (Å²) >= 11 is 0. The van der Waals surface area contributed by atoms with Gasteiger partial charge in [0, 0.05) is 59.6 Å². The number of hydrogen-bond acceptors (Lipinski definition) is 5. The number of aromatic amines is 2. The van der Waals surface area contributed by atoms with E-state index in [1.165, 1.54) is 68.3 Å². The van der Waals surface area contributed by atoms with Gasteiger partial charge in [-0.1, -0.05) is 12.5 Å². The lowest BCUT2D eigenvalue weighted by atomic mass is 10.1. The SMILES string of the molecule is c1cc(N2CCCCC2)c2cc(-c3n[nH]c4cnc(-c5cncc(CN6CCCCC6)c5)cc34)[nH]c2c1. The first-order valence-electron chi connectivity index (χ1n) is 13.7. The van der Waals surface area contributed by atoms with E-state index >= 15 is 0 Å². The molecule has 0 unspecified atom stereocenters. The lowest BCUT2D eigenvalue weighted by Crippen LogP contribution is -2.29. The number of piperidine rings is 2. The van der Waals surface area contributed by atoms with Crippen LogP contribution in [-0.2, 0) is 6.54 Å². The standard InChI is InChI=1S/C30H33N7/c1-3-10-36(11-4-1)20-21-14-22(18-31-17-21)26-16-24-28(19-32-26)34-35-30(24)27-15-23-25(33-27)8-7-9-29(23)37-12-5-2-6-13-37/h7-9,14-19,33H,1-6,10-13,20H2,(H,34,35). The number of anilines is 1. The van der Waals surface area contributed by atoms with Crippen LogP contribution in [0.3, 0.4) is 0 Å². The van der Waals surface area contributed by atoms with Gasteiger partial charge in [0.1, 0.15) is 5.69 Å². The zero-order chi connectivity index (χ0) is 24.6. The van der Waals surface area contributed by atoms with Crippen molar-refractivity contribution in [2.75, 3.05) is 31.1 Å². The van der Waals surface area contributed by atoms with Crippen molar-refractivity contribution in [1.29, 1.82) is 0 Å². The number of hydrogen-bond donors (Lipinski definition) is 2. The summed E-state index contributed by atoms with van der Waals surface area (Å²) in [6.07, 6.45) is 13.6. The normalized spacial score (nSPS) is 17.1.